The lowest BCUT2D eigenvalue weighted by Crippen LogP contribution is -2.13. The van der Waals surface area contributed by atoms with Gasteiger partial charge in [-0.05, 0) is 18.6 Å². The Bertz CT molecular complexity index is 932. The van der Waals surface area contributed by atoms with Crippen molar-refractivity contribution in [2.75, 3.05) is 19.0 Å². The maximum absolute atomic E-state index is 12.3. The molecule has 2 heterocycles. The molecule has 7 nitrogen and oxygen atoms in total. The largest absolute Gasteiger partial charge is 0.465 e. The molecule has 1 atom stereocenters. The van der Waals surface area contributed by atoms with Gasteiger partial charge in [-0.25, -0.2) is 14.4 Å². The number of carbonyl (C=O) groups is 3. The van der Waals surface area contributed by atoms with Crippen molar-refractivity contribution >= 4 is 34.2 Å². The van der Waals surface area contributed by atoms with Crippen LogP contribution in [0.5, 0.6) is 0 Å². The number of hydrogen-bond acceptors (Lipinski definition) is 8. The number of cyclic esters (lactones) is 1. The van der Waals surface area contributed by atoms with E-state index in [1.807, 2.05) is 0 Å². The number of carbonyl (C=O) groups excluding carboxylic acids is 3. The third-order valence-corrected chi connectivity index (χ3v) is 5.21. The van der Waals surface area contributed by atoms with Gasteiger partial charge in [-0.2, -0.15) is 0 Å². The molecule has 0 amide bonds. The minimum absolute atomic E-state index is 0.0557. The summed E-state index contributed by atoms with van der Waals surface area (Å²) in [5.41, 5.74) is 1.74. The van der Waals surface area contributed by atoms with Crippen LogP contribution in [0.15, 0.2) is 36.9 Å². The topological polar surface area (TPSA) is 90.9 Å². The molecule has 2 aromatic rings. The summed E-state index contributed by atoms with van der Waals surface area (Å²) in [7, 11) is 1.25. The first-order valence-electron chi connectivity index (χ1n) is 8.04. The Morgan fingerprint density at radius 3 is 2.78 bits per heavy atom. The van der Waals surface area contributed by atoms with E-state index in [1.165, 1.54) is 13.2 Å². The van der Waals surface area contributed by atoms with Crippen LogP contribution in [0, 0.1) is 6.92 Å². The molecule has 0 bridgehead atoms. The molecule has 0 aliphatic carbocycles. The van der Waals surface area contributed by atoms with E-state index in [0.717, 1.165) is 11.3 Å². The van der Waals surface area contributed by atoms with Gasteiger partial charge in [0.05, 0.1) is 18.2 Å². The molecule has 1 aromatic carbocycles. The Kier molecular flexibility index (Phi) is 5.27. The minimum Gasteiger partial charge on any atom is -0.465 e. The lowest BCUT2D eigenvalue weighted by molar-refractivity contribution is 0.0437. The SMILES string of the molecule is C=CCOC(=O)c1sc(N[C@@H]2OC(=O)c3ccccc32)c(C(=O)OC)c1C. The zero-order valence-corrected chi connectivity index (χ0v) is 15.6. The van der Waals surface area contributed by atoms with Gasteiger partial charge in [0.2, 0.25) is 6.23 Å². The summed E-state index contributed by atoms with van der Waals surface area (Å²) >= 11 is 1.04. The second-order valence-corrected chi connectivity index (χ2v) is 6.68. The molecule has 3 rings (SSSR count). The van der Waals surface area contributed by atoms with Crippen LogP contribution >= 0.6 is 11.3 Å². The van der Waals surface area contributed by atoms with Crippen molar-refractivity contribution in [1.82, 2.24) is 0 Å². The van der Waals surface area contributed by atoms with E-state index in [2.05, 4.69) is 11.9 Å². The Morgan fingerprint density at radius 1 is 1.33 bits per heavy atom. The standard InChI is InChI=1S/C19H17NO6S/c1-4-9-25-19(23)14-10(2)13(18(22)24-3)16(27-14)20-15-11-7-5-6-8-12(11)17(21)26-15/h4-8,15,20H,1,9H2,2-3H3/t15-/m1/s1. The van der Waals surface area contributed by atoms with Crippen molar-refractivity contribution in [2.45, 2.75) is 13.2 Å². The van der Waals surface area contributed by atoms with E-state index >= 15 is 0 Å². The lowest BCUT2D eigenvalue weighted by atomic mass is 10.1. The molecule has 0 saturated heterocycles. The van der Waals surface area contributed by atoms with Gasteiger partial charge in [-0.3, -0.25) is 0 Å². The second kappa shape index (κ2) is 7.63. The van der Waals surface area contributed by atoms with Crippen LogP contribution in [0.25, 0.3) is 0 Å². The Morgan fingerprint density at radius 2 is 2.07 bits per heavy atom. The van der Waals surface area contributed by atoms with Gasteiger partial charge >= 0.3 is 17.9 Å². The highest BCUT2D eigenvalue weighted by Crippen LogP contribution is 2.39. The number of fused-ring (bicyclic) bond motifs is 1. The predicted octanol–water partition coefficient (Wildman–Crippen LogP) is 3.47. The quantitative estimate of drug-likeness (QED) is 0.461. The number of thiophene rings is 1. The average molecular weight is 387 g/mol. The molecule has 0 radical (unpaired) electrons. The molecule has 1 aliphatic heterocycles. The third kappa shape index (κ3) is 3.43. The van der Waals surface area contributed by atoms with Crippen molar-refractivity contribution in [1.29, 1.82) is 0 Å². The third-order valence-electron chi connectivity index (χ3n) is 4.00. The molecule has 27 heavy (non-hydrogen) atoms. The van der Waals surface area contributed by atoms with Gasteiger partial charge in [0.25, 0.3) is 0 Å². The summed E-state index contributed by atoms with van der Waals surface area (Å²) in [6.45, 7) is 5.19. The fourth-order valence-corrected chi connectivity index (χ4v) is 3.84. The zero-order chi connectivity index (χ0) is 19.6. The number of esters is 3. The normalized spacial score (nSPS) is 14.9. The molecular weight excluding hydrogens is 370 g/mol. The average Bonchev–Trinajstić information content (AvgIpc) is 3.17. The van der Waals surface area contributed by atoms with E-state index in [0.29, 0.717) is 21.7 Å². The molecule has 8 heteroatoms. The van der Waals surface area contributed by atoms with Crippen molar-refractivity contribution in [2.24, 2.45) is 0 Å². The van der Waals surface area contributed by atoms with Gasteiger partial charge < -0.3 is 19.5 Å². The maximum Gasteiger partial charge on any atom is 0.348 e. The highest BCUT2D eigenvalue weighted by Gasteiger charge is 2.33. The molecular formula is C19H17NO6S. The van der Waals surface area contributed by atoms with Crippen LogP contribution in [-0.4, -0.2) is 31.6 Å². The summed E-state index contributed by atoms with van der Waals surface area (Å²) in [5, 5.41) is 3.39. The highest BCUT2D eigenvalue weighted by atomic mass is 32.1. The number of methoxy groups -OCH3 is 1. The van der Waals surface area contributed by atoms with Crippen LogP contribution in [0.1, 0.15) is 47.7 Å². The number of anilines is 1. The summed E-state index contributed by atoms with van der Waals surface area (Å²) in [5.74, 6) is -1.63. The fraction of sp³-hybridized carbons (Fsp3) is 0.211. The Balaban J connectivity index is 1.97. The van der Waals surface area contributed by atoms with Crippen molar-refractivity contribution in [3.05, 3.63) is 64.1 Å². The van der Waals surface area contributed by atoms with Crippen molar-refractivity contribution < 1.29 is 28.6 Å². The molecule has 140 valence electrons. The fourth-order valence-electron chi connectivity index (χ4n) is 2.73. The van der Waals surface area contributed by atoms with E-state index in [-0.39, 0.29) is 17.0 Å². The van der Waals surface area contributed by atoms with Gasteiger partial charge in [-0.1, -0.05) is 30.9 Å². The molecule has 1 aromatic heterocycles. The second-order valence-electron chi connectivity index (χ2n) is 5.66. The van der Waals surface area contributed by atoms with E-state index in [1.54, 1.807) is 31.2 Å². The van der Waals surface area contributed by atoms with Crippen LogP contribution in [0.4, 0.5) is 5.00 Å². The highest BCUT2D eigenvalue weighted by molar-refractivity contribution is 7.18. The van der Waals surface area contributed by atoms with Crippen LogP contribution in [0.2, 0.25) is 0 Å². The smallest absolute Gasteiger partial charge is 0.348 e. The van der Waals surface area contributed by atoms with Crippen LogP contribution in [-0.2, 0) is 14.2 Å². The monoisotopic (exact) mass is 387 g/mol. The summed E-state index contributed by atoms with van der Waals surface area (Å²) in [4.78, 5) is 36.8. The van der Waals surface area contributed by atoms with Gasteiger partial charge in [0, 0.05) is 5.56 Å². The first-order valence-corrected chi connectivity index (χ1v) is 8.85. The number of nitrogens with one attached hydrogen (secondary N) is 1. The summed E-state index contributed by atoms with van der Waals surface area (Å²) < 4.78 is 15.3. The molecule has 0 fully saturated rings. The lowest BCUT2D eigenvalue weighted by Gasteiger charge is -2.14. The first kappa shape index (κ1) is 18.7. The van der Waals surface area contributed by atoms with Crippen LogP contribution in [0.3, 0.4) is 0 Å². The summed E-state index contributed by atoms with van der Waals surface area (Å²) in [6.07, 6.45) is 0.683. The zero-order valence-electron chi connectivity index (χ0n) is 14.7. The predicted molar refractivity (Wildman–Crippen MR) is 99.1 cm³/mol. The maximum atomic E-state index is 12.3. The Hall–Kier alpha value is -3.13. The first-order chi connectivity index (χ1) is 13.0. The molecule has 1 aliphatic rings. The van der Waals surface area contributed by atoms with Gasteiger partial charge in [0.15, 0.2) is 0 Å². The molecule has 0 unspecified atom stereocenters. The Labute approximate surface area is 159 Å². The van der Waals surface area contributed by atoms with E-state index in [9.17, 15) is 14.4 Å². The number of hydrogen-bond donors (Lipinski definition) is 1. The number of rotatable bonds is 6. The molecule has 0 saturated carbocycles. The number of ether oxygens (including phenoxy) is 3. The van der Waals surface area contributed by atoms with E-state index < -0.39 is 24.1 Å². The minimum atomic E-state index is -0.771. The van der Waals surface area contributed by atoms with Crippen molar-refractivity contribution in [3.63, 3.8) is 0 Å². The van der Waals surface area contributed by atoms with Gasteiger partial charge in [-0.15, -0.1) is 11.3 Å². The van der Waals surface area contributed by atoms with Crippen LogP contribution < -0.4 is 5.32 Å². The molecule has 0 spiro atoms. The number of benzene rings is 1. The molecule has 1 N–H and O–H groups in total. The van der Waals surface area contributed by atoms with Crippen molar-refractivity contribution in [3.8, 4) is 0 Å². The van der Waals surface area contributed by atoms with E-state index in [4.69, 9.17) is 14.2 Å². The van der Waals surface area contributed by atoms with Gasteiger partial charge in [0.1, 0.15) is 16.5 Å². The summed E-state index contributed by atoms with van der Waals surface area (Å²) in [6, 6.07) is 6.95.